The van der Waals surface area contributed by atoms with Gasteiger partial charge in [-0.15, -0.1) is 0 Å². The van der Waals surface area contributed by atoms with Gasteiger partial charge in [0.2, 0.25) is 0 Å². The molecule has 0 amide bonds. The molecule has 0 aromatic rings. The predicted molar refractivity (Wildman–Crippen MR) is 56.9 cm³/mol. The summed E-state index contributed by atoms with van der Waals surface area (Å²) in [7, 11) is 2.61. The third kappa shape index (κ3) is 1.83. The van der Waals surface area contributed by atoms with E-state index < -0.39 is 11.9 Å². The molecule has 4 atom stereocenters. The number of carbonyl (C=O) groups is 3. The Hall–Kier alpha value is -1.39. The summed E-state index contributed by atoms with van der Waals surface area (Å²) < 4.78 is 9.43. The molecule has 5 heteroatoms. The van der Waals surface area contributed by atoms with E-state index in [1.807, 2.05) is 0 Å². The minimum Gasteiger partial charge on any atom is -0.469 e. The highest BCUT2D eigenvalue weighted by Gasteiger charge is 2.54. The predicted octanol–water partition coefficient (Wildman–Crippen LogP) is 0.564. The zero-order valence-electron chi connectivity index (χ0n) is 9.97. The van der Waals surface area contributed by atoms with Gasteiger partial charge in [0, 0.05) is 6.42 Å². The molecule has 3 unspecified atom stereocenters. The van der Waals surface area contributed by atoms with Crippen molar-refractivity contribution < 1.29 is 23.9 Å². The van der Waals surface area contributed by atoms with Gasteiger partial charge in [0.1, 0.15) is 11.7 Å². The maximum absolute atomic E-state index is 11.9. The van der Waals surface area contributed by atoms with Crippen LogP contribution in [0.3, 0.4) is 0 Å². The first-order valence-electron chi connectivity index (χ1n) is 5.78. The average molecular weight is 240 g/mol. The minimum atomic E-state index is -0.775. The quantitative estimate of drug-likeness (QED) is 0.521. The zero-order valence-corrected chi connectivity index (χ0v) is 9.97. The maximum Gasteiger partial charge on any atom is 0.316 e. The second kappa shape index (κ2) is 4.47. The minimum absolute atomic E-state index is 0.0425. The molecule has 94 valence electrons. The molecule has 0 spiro atoms. The lowest BCUT2D eigenvalue weighted by Crippen LogP contribution is -2.43. The van der Waals surface area contributed by atoms with Crippen molar-refractivity contribution in [1.29, 1.82) is 0 Å². The number of hydrogen-bond acceptors (Lipinski definition) is 5. The molecule has 2 aliphatic carbocycles. The number of Topliss-reactive ketones (excluding diaryl/α,β-unsaturated/α-hetero) is 1. The van der Waals surface area contributed by atoms with Crippen LogP contribution in [0.15, 0.2) is 0 Å². The number of ether oxygens (including phenoxy) is 2. The van der Waals surface area contributed by atoms with Gasteiger partial charge in [-0.1, -0.05) is 0 Å². The SMILES string of the molecule is COC(=O)C1C(=O)CC2CCC1[C@@H]2C(=O)OC. The van der Waals surface area contributed by atoms with Gasteiger partial charge in [-0.25, -0.2) is 0 Å². The molecule has 0 N–H and O–H groups in total. The van der Waals surface area contributed by atoms with Crippen molar-refractivity contribution in [1.82, 2.24) is 0 Å². The first kappa shape index (κ1) is 12.1. The van der Waals surface area contributed by atoms with E-state index in [0.29, 0.717) is 0 Å². The molecule has 0 aromatic heterocycles. The number of rotatable bonds is 2. The molecule has 0 radical (unpaired) electrons. The van der Waals surface area contributed by atoms with Crippen molar-refractivity contribution in [3.8, 4) is 0 Å². The second-order valence-corrected chi connectivity index (χ2v) is 4.72. The van der Waals surface area contributed by atoms with Gasteiger partial charge in [0.15, 0.2) is 0 Å². The first-order valence-corrected chi connectivity index (χ1v) is 5.78. The van der Waals surface area contributed by atoms with E-state index in [4.69, 9.17) is 4.74 Å². The van der Waals surface area contributed by atoms with E-state index in [1.54, 1.807) is 0 Å². The summed E-state index contributed by atoms with van der Waals surface area (Å²) in [4.78, 5) is 35.2. The largest absolute Gasteiger partial charge is 0.469 e. The van der Waals surface area contributed by atoms with Crippen molar-refractivity contribution in [2.75, 3.05) is 14.2 Å². The second-order valence-electron chi connectivity index (χ2n) is 4.72. The summed E-state index contributed by atoms with van der Waals surface area (Å²) in [6.45, 7) is 0. The molecule has 17 heavy (non-hydrogen) atoms. The molecule has 0 aromatic carbocycles. The normalized spacial score (nSPS) is 35.5. The third-order valence-electron chi connectivity index (χ3n) is 4.01. The van der Waals surface area contributed by atoms with Crippen molar-refractivity contribution in [2.45, 2.75) is 19.3 Å². The van der Waals surface area contributed by atoms with E-state index in [1.165, 1.54) is 14.2 Å². The van der Waals surface area contributed by atoms with Crippen molar-refractivity contribution >= 4 is 17.7 Å². The van der Waals surface area contributed by atoms with Crippen LogP contribution in [0.25, 0.3) is 0 Å². The standard InChI is InChI=1S/C12H16O5/c1-16-11(14)9-6-3-4-7(9)10(8(13)5-6)12(15)17-2/h6-7,9-10H,3-5H2,1-2H3/t6?,7?,9-,10?/m1/s1. The van der Waals surface area contributed by atoms with E-state index in [-0.39, 0.29) is 35.9 Å². The molecule has 0 saturated heterocycles. The Kier molecular flexibility index (Phi) is 3.17. The van der Waals surface area contributed by atoms with Gasteiger partial charge < -0.3 is 9.47 Å². The molecule has 0 aliphatic heterocycles. The third-order valence-corrected chi connectivity index (χ3v) is 4.01. The van der Waals surface area contributed by atoms with E-state index >= 15 is 0 Å². The molecule has 5 nitrogen and oxygen atoms in total. The molecular formula is C12H16O5. The van der Waals surface area contributed by atoms with Gasteiger partial charge in [0.25, 0.3) is 0 Å². The number of fused-ring (bicyclic) bond motifs is 2. The average Bonchev–Trinajstić information content (AvgIpc) is 2.64. The topological polar surface area (TPSA) is 69.7 Å². The smallest absolute Gasteiger partial charge is 0.316 e. The van der Waals surface area contributed by atoms with Crippen LogP contribution in [-0.4, -0.2) is 31.9 Å². The fourth-order valence-electron chi connectivity index (χ4n) is 3.28. The van der Waals surface area contributed by atoms with Crippen LogP contribution >= 0.6 is 0 Å². The highest BCUT2D eigenvalue weighted by molar-refractivity contribution is 6.01. The summed E-state index contributed by atoms with van der Waals surface area (Å²) in [6, 6.07) is 0. The van der Waals surface area contributed by atoms with Crippen LogP contribution in [0.5, 0.6) is 0 Å². The monoisotopic (exact) mass is 240 g/mol. The van der Waals surface area contributed by atoms with Crippen LogP contribution in [-0.2, 0) is 23.9 Å². The van der Waals surface area contributed by atoms with E-state index in [9.17, 15) is 14.4 Å². The summed E-state index contributed by atoms with van der Waals surface area (Å²) in [5.74, 6) is -2.20. The number of esters is 2. The summed E-state index contributed by atoms with van der Waals surface area (Å²) >= 11 is 0. The van der Waals surface area contributed by atoms with Gasteiger partial charge in [0.05, 0.1) is 20.1 Å². The number of hydrogen-bond donors (Lipinski definition) is 0. The van der Waals surface area contributed by atoms with E-state index in [2.05, 4.69) is 4.74 Å². The van der Waals surface area contributed by atoms with Gasteiger partial charge in [-0.2, -0.15) is 0 Å². The van der Waals surface area contributed by atoms with Crippen LogP contribution in [0.2, 0.25) is 0 Å². The Morgan fingerprint density at radius 1 is 1.12 bits per heavy atom. The van der Waals surface area contributed by atoms with Crippen LogP contribution in [0.4, 0.5) is 0 Å². The number of ketones is 1. The summed E-state index contributed by atoms with van der Waals surface area (Å²) in [5, 5.41) is 0. The number of carbonyl (C=O) groups excluding carboxylic acids is 3. The highest BCUT2D eigenvalue weighted by atomic mass is 16.5. The molecule has 2 rings (SSSR count). The Labute approximate surface area is 99.5 Å². The number of methoxy groups -OCH3 is 2. The summed E-state index contributed by atoms with van der Waals surface area (Å²) in [5.41, 5.74) is 0. The molecule has 0 heterocycles. The Morgan fingerprint density at radius 2 is 1.76 bits per heavy atom. The Balaban J connectivity index is 2.27. The molecule has 2 fully saturated rings. The zero-order chi connectivity index (χ0) is 12.6. The summed E-state index contributed by atoms with van der Waals surface area (Å²) in [6.07, 6.45) is 1.82. The molecule has 2 aliphatic rings. The Morgan fingerprint density at radius 3 is 2.35 bits per heavy atom. The lowest BCUT2D eigenvalue weighted by molar-refractivity contribution is -0.159. The molecular weight excluding hydrogens is 224 g/mol. The first-order chi connectivity index (χ1) is 8.10. The molecule has 2 bridgehead atoms. The Bertz CT molecular complexity index is 362. The van der Waals surface area contributed by atoms with Gasteiger partial charge in [-0.05, 0) is 24.7 Å². The fraction of sp³-hybridized carbons (Fsp3) is 0.750. The fourth-order valence-corrected chi connectivity index (χ4v) is 3.28. The van der Waals surface area contributed by atoms with Crippen molar-refractivity contribution in [3.05, 3.63) is 0 Å². The van der Waals surface area contributed by atoms with Gasteiger partial charge >= 0.3 is 11.9 Å². The lowest BCUT2D eigenvalue weighted by Gasteiger charge is -2.31. The van der Waals surface area contributed by atoms with Crippen LogP contribution < -0.4 is 0 Å². The lowest BCUT2D eigenvalue weighted by atomic mass is 9.71. The van der Waals surface area contributed by atoms with Crippen LogP contribution in [0.1, 0.15) is 19.3 Å². The van der Waals surface area contributed by atoms with Crippen molar-refractivity contribution in [2.24, 2.45) is 23.7 Å². The van der Waals surface area contributed by atoms with Crippen molar-refractivity contribution in [3.63, 3.8) is 0 Å². The van der Waals surface area contributed by atoms with E-state index in [0.717, 1.165) is 12.8 Å². The highest BCUT2D eigenvalue weighted by Crippen LogP contribution is 2.49. The van der Waals surface area contributed by atoms with Crippen LogP contribution in [0, 0.1) is 23.7 Å². The van der Waals surface area contributed by atoms with Gasteiger partial charge in [-0.3, -0.25) is 14.4 Å². The molecule has 2 saturated carbocycles. The maximum atomic E-state index is 11.9.